The molecule has 1 aliphatic carbocycles. The lowest BCUT2D eigenvalue weighted by atomic mass is 10.1. The molecule has 104 valence electrons. The van der Waals surface area contributed by atoms with Gasteiger partial charge in [0.1, 0.15) is 0 Å². The van der Waals surface area contributed by atoms with Gasteiger partial charge in [-0.2, -0.15) is 0 Å². The highest BCUT2D eigenvalue weighted by Gasteiger charge is 2.18. The fraction of sp³-hybridized carbons (Fsp3) is 0.312. The average Bonchev–Trinajstić information content (AvgIpc) is 2.99. The quantitative estimate of drug-likeness (QED) is 0.800. The van der Waals surface area contributed by atoms with Gasteiger partial charge in [0, 0.05) is 11.3 Å². The van der Waals surface area contributed by atoms with Gasteiger partial charge in [0.15, 0.2) is 17.3 Å². The van der Waals surface area contributed by atoms with Gasteiger partial charge in [0.25, 0.3) is 0 Å². The monoisotopic (exact) mass is 290 g/mol. The smallest absolute Gasteiger partial charge is 0.177 e. The van der Waals surface area contributed by atoms with Crippen LogP contribution in [-0.2, 0) is 19.3 Å². The lowest BCUT2D eigenvalue weighted by molar-refractivity contribution is 0.0996. The third-order valence-corrected chi connectivity index (χ3v) is 4.88. The Morgan fingerprint density at radius 3 is 2.90 bits per heavy atom. The van der Waals surface area contributed by atoms with Gasteiger partial charge in [-0.3, -0.25) is 4.79 Å². The molecule has 0 atom stereocenters. The Bertz CT molecular complexity index is 639. The summed E-state index contributed by atoms with van der Waals surface area (Å²) in [7, 11) is 1.43. The molecule has 0 unspecified atom stereocenters. The third-order valence-electron chi connectivity index (χ3n) is 3.60. The van der Waals surface area contributed by atoms with Crippen molar-refractivity contribution in [2.75, 3.05) is 7.11 Å². The second kappa shape index (κ2) is 5.37. The molecule has 0 aliphatic heterocycles. The molecule has 0 saturated heterocycles. The summed E-state index contributed by atoms with van der Waals surface area (Å²) in [5.74, 6) is -0.156. The first-order chi connectivity index (χ1) is 9.67. The molecule has 1 aliphatic rings. The van der Waals surface area contributed by atoms with Crippen molar-refractivity contribution >= 4 is 17.1 Å². The standard InChI is InChI=1S/C16H15FO2S/c1-19-14-6-5-10(7-12(14)17)8-13(18)16-9-11-3-2-4-15(11)20-16/h5-7,9H,2-4,8H2,1H3. The molecule has 1 aromatic carbocycles. The Balaban J connectivity index is 1.76. The number of ether oxygens (including phenoxy) is 1. The van der Waals surface area contributed by atoms with E-state index in [4.69, 9.17) is 4.74 Å². The fourth-order valence-electron chi connectivity index (χ4n) is 2.56. The summed E-state index contributed by atoms with van der Waals surface area (Å²) < 4.78 is 18.5. The molecule has 20 heavy (non-hydrogen) atoms. The number of carbonyl (C=O) groups is 1. The Hall–Kier alpha value is -1.68. The predicted octanol–water partition coefficient (Wildman–Crippen LogP) is 3.81. The van der Waals surface area contributed by atoms with Crippen LogP contribution in [0, 0.1) is 5.82 Å². The molecule has 1 aromatic heterocycles. The van der Waals surface area contributed by atoms with E-state index < -0.39 is 5.82 Å². The molecule has 4 heteroatoms. The molecule has 2 nitrogen and oxygen atoms in total. The van der Waals surface area contributed by atoms with Crippen LogP contribution < -0.4 is 4.74 Å². The van der Waals surface area contributed by atoms with E-state index in [9.17, 15) is 9.18 Å². The zero-order chi connectivity index (χ0) is 14.1. The molecule has 0 radical (unpaired) electrons. The number of ketones is 1. The van der Waals surface area contributed by atoms with Gasteiger partial charge in [-0.05, 0) is 48.6 Å². The number of halogens is 1. The van der Waals surface area contributed by atoms with Crippen molar-refractivity contribution in [2.45, 2.75) is 25.7 Å². The first kappa shape index (κ1) is 13.3. The van der Waals surface area contributed by atoms with Crippen molar-refractivity contribution < 1.29 is 13.9 Å². The zero-order valence-corrected chi connectivity index (χ0v) is 12.1. The summed E-state index contributed by atoms with van der Waals surface area (Å²) in [6.07, 6.45) is 3.60. The molecular formula is C16H15FO2S. The van der Waals surface area contributed by atoms with E-state index in [2.05, 4.69) is 0 Å². The minimum absolute atomic E-state index is 0.0639. The SMILES string of the molecule is COc1ccc(CC(=O)c2cc3c(s2)CCC3)cc1F. The largest absolute Gasteiger partial charge is 0.494 e. The second-order valence-corrected chi connectivity index (χ2v) is 6.12. The van der Waals surface area contributed by atoms with Gasteiger partial charge in [-0.15, -0.1) is 11.3 Å². The van der Waals surface area contributed by atoms with Crippen LogP contribution in [0.2, 0.25) is 0 Å². The number of aryl methyl sites for hydroxylation is 2. The molecule has 0 N–H and O–H groups in total. The zero-order valence-electron chi connectivity index (χ0n) is 11.2. The number of benzene rings is 1. The van der Waals surface area contributed by atoms with Crippen LogP contribution >= 0.6 is 11.3 Å². The van der Waals surface area contributed by atoms with Crippen molar-refractivity contribution in [3.63, 3.8) is 0 Å². The molecule has 0 amide bonds. The first-order valence-corrected chi connectivity index (χ1v) is 7.46. The lowest BCUT2D eigenvalue weighted by Crippen LogP contribution is -2.02. The molecule has 0 spiro atoms. The first-order valence-electron chi connectivity index (χ1n) is 6.64. The van der Waals surface area contributed by atoms with Gasteiger partial charge in [-0.25, -0.2) is 4.39 Å². The number of carbonyl (C=O) groups excluding carboxylic acids is 1. The van der Waals surface area contributed by atoms with E-state index in [0.717, 1.165) is 17.7 Å². The molecule has 0 bridgehead atoms. The van der Waals surface area contributed by atoms with E-state index in [0.29, 0.717) is 5.56 Å². The minimum Gasteiger partial charge on any atom is -0.494 e. The summed E-state index contributed by atoms with van der Waals surface area (Å²) in [5.41, 5.74) is 2.00. The third kappa shape index (κ3) is 2.48. The summed E-state index contributed by atoms with van der Waals surface area (Å²) in [6, 6.07) is 6.68. The Morgan fingerprint density at radius 2 is 2.20 bits per heavy atom. The van der Waals surface area contributed by atoms with Crippen LogP contribution in [0.25, 0.3) is 0 Å². The van der Waals surface area contributed by atoms with Crippen molar-refractivity contribution in [3.8, 4) is 5.75 Å². The molecule has 1 heterocycles. The van der Waals surface area contributed by atoms with Crippen LogP contribution in [0.5, 0.6) is 5.75 Å². The van der Waals surface area contributed by atoms with Crippen LogP contribution in [0.1, 0.15) is 32.1 Å². The van der Waals surface area contributed by atoms with E-state index in [-0.39, 0.29) is 18.0 Å². The molecule has 3 rings (SSSR count). The predicted molar refractivity (Wildman–Crippen MR) is 77.3 cm³/mol. The van der Waals surface area contributed by atoms with Gasteiger partial charge < -0.3 is 4.74 Å². The van der Waals surface area contributed by atoms with E-state index in [1.54, 1.807) is 23.5 Å². The minimum atomic E-state index is -0.425. The number of hydrogen-bond donors (Lipinski definition) is 0. The molecule has 2 aromatic rings. The molecule has 0 fully saturated rings. The van der Waals surface area contributed by atoms with Crippen molar-refractivity contribution in [1.82, 2.24) is 0 Å². The van der Waals surface area contributed by atoms with Crippen molar-refractivity contribution in [1.29, 1.82) is 0 Å². The topological polar surface area (TPSA) is 26.3 Å². The van der Waals surface area contributed by atoms with Gasteiger partial charge in [0.2, 0.25) is 0 Å². The summed E-state index contributed by atoms with van der Waals surface area (Å²) in [4.78, 5) is 14.4. The fourth-order valence-corrected chi connectivity index (χ4v) is 3.75. The molecular weight excluding hydrogens is 275 g/mol. The summed E-state index contributed by atoms with van der Waals surface area (Å²) in [5, 5.41) is 0. The van der Waals surface area contributed by atoms with Crippen LogP contribution in [0.3, 0.4) is 0 Å². The van der Waals surface area contributed by atoms with E-state index in [1.807, 2.05) is 6.07 Å². The Labute approximate surface area is 121 Å². The maximum Gasteiger partial charge on any atom is 0.177 e. The van der Waals surface area contributed by atoms with Crippen LogP contribution in [0.4, 0.5) is 4.39 Å². The summed E-state index contributed by atoms with van der Waals surface area (Å²) >= 11 is 1.59. The average molecular weight is 290 g/mol. The second-order valence-electron chi connectivity index (χ2n) is 4.98. The number of rotatable bonds is 4. The van der Waals surface area contributed by atoms with Gasteiger partial charge >= 0.3 is 0 Å². The summed E-state index contributed by atoms with van der Waals surface area (Å²) in [6.45, 7) is 0. The normalized spacial score (nSPS) is 13.3. The highest BCUT2D eigenvalue weighted by Crippen LogP contribution is 2.31. The Morgan fingerprint density at radius 1 is 1.35 bits per heavy atom. The van der Waals surface area contributed by atoms with Crippen molar-refractivity contribution in [3.05, 3.63) is 51.0 Å². The van der Waals surface area contributed by atoms with Crippen LogP contribution in [-0.4, -0.2) is 12.9 Å². The number of fused-ring (bicyclic) bond motifs is 1. The van der Waals surface area contributed by atoms with Gasteiger partial charge in [0.05, 0.1) is 12.0 Å². The maximum absolute atomic E-state index is 13.6. The number of methoxy groups -OCH3 is 1. The number of thiophene rings is 1. The van der Waals surface area contributed by atoms with Crippen molar-refractivity contribution in [2.24, 2.45) is 0 Å². The van der Waals surface area contributed by atoms with Gasteiger partial charge in [-0.1, -0.05) is 6.07 Å². The number of hydrogen-bond acceptors (Lipinski definition) is 3. The highest BCUT2D eigenvalue weighted by atomic mass is 32.1. The lowest BCUT2D eigenvalue weighted by Gasteiger charge is -2.04. The van der Waals surface area contributed by atoms with Crippen LogP contribution in [0.15, 0.2) is 24.3 Å². The Kier molecular flexibility index (Phi) is 3.57. The number of Topliss-reactive ketones (excluding diaryl/α,β-unsaturated/α-hetero) is 1. The van der Waals surface area contributed by atoms with E-state index in [1.165, 1.54) is 30.0 Å². The highest BCUT2D eigenvalue weighted by molar-refractivity contribution is 7.14. The maximum atomic E-state index is 13.6. The van der Waals surface area contributed by atoms with E-state index >= 15 is 0 Å². The molecule has 0 saturated carbocycles.